The highest BCUT2D eigenvalue weighted by molar-refractivity contribution is 7.14. The van der Waals surface area contributed by atoms with Crippen LogP contribution in [0.4, 0.5) is 10.8 Å². The van der Waals surface area contributed by atoms with Crippen molar-refractivity contribution in [3.05, 3.63) is 83.7 Å². The van der Waals surface area contributed by atoms with Gasteiger partial charge in [0.05, 0.1) is 23.5 Å². The van der Waals surface area contributed by atoms with Gasteiger partial charge in [-0.25, -0.2) is 9.97 Å². The van der Waals surface area contributed by atoms with Gasteiger partial charge in [-0.1, -0.05) is 36.4 Å². The largest absolute Gasteiger partial charge is 0.444 e. The second-order valence-corrected chi connectivity index (χ2v) is 6.86. The molecule has 0 spiro atoms. The molecule has 0 N–H and O–H groups in total. The fraction of sp³-hybridized carbons (Fsp3) is 0.0952. The van der Waals surface area contributed by atoms with Crippen molar-refractivity contribution in [3.63, 3.8) is 0 Å². The van der Waals surface area contributed by atoms with E-state index in [4.69, 9.17) is 4.42 Å². The zero-order chi connectivity index (χ0) is 18.6. The molecule has 0 aliphatic carbocycles. The highest BCUT2D eigenvalue weighted by Gasteiger charge is 2.22. The van der Waals surface area contributed by atoms with Gasteiger partial charge in [-0.05, 0) is 31.2 Å². The van der Waals surface area contributed by atoms with E-state index in [0.29, 0.717) is 16.7 Å². The van der Waals surface area contributed by atoms with Gasteiger partial charge in [0, 0.05) is 10.9 Å². The van der Waals surface area contributed by atoms with E-state index in [0.717, 1.165) is 16.9 Å². The van der Waals surface area contributed by atoms with E-state index in [1.807, 2.05) is 73.0 Å². The van der Waals surface area contributed by atoms with Crippen molar-refractivity contribution < 1.29 is 9.21 Å². The van der Waals surface area contributed by atoms with Crippen LogP contribution in [0.3, 0.4) is 0 Å². The number of hydrogen-bond donors (Lipinski definition) is 0. The Kier molecular flexibility index (Phi) is 4.80. The Labute approximate surface area is 160 Å². The van der Waals surface area contributed by atoms with Crippen LogP contribution in [-0.4, -0.2) is 15.9 Å². The molecule has 0 atom stereocenters. The summed E-state index contributed by atoms with van der Waals surface area (Å²) < 4.78 is 5.55. The summed E-state index contributed by atoms with van der Waals surface area (Å²) in [5.41, 5.74) is 3.14. The van der Waals surface area contributed by atoms with Crippen molar-refractivity contribution in [2.75, 3.05) is 4.90 Å². The monoisotopic (exact) mass is 375 g/mol. The van der Waals surface area contributed by atoms with E-state index in [2.05, 4.69) is 9.97 Å². The average molecular weight is 375 g/mol. The first-order chi connectivity index (χ1) is 13.2. The topological polar surface area (TPSA) is 59.2 Å². The predicted molar refractivity (Wildman–Crippen MR) is 106 cm³/mol. The lowest BCUT2D eigenvalue weighted by Gasteiger charge is -2.19. The average Bonchev–Trinajstić information content (AvgIpc) is 3.33. The van der Waals surface area contributed by atoms with Crippen molar-refractivity contribution in [2.24, 2.45) is 0 Å². The minimum atomic E-state index is -0.108. The Morgan fingerprint density at radius 3 is 2.41 bits per heavy atom. The van der Waals surface area contributed by atoms with Crippen molar-refractivity contribution in [1.29, 1.82) is 0 Å². The number of carbonyl (C=O) groups excluding carboxylic acids is 1. The van der Waals surface area contributed by atoms with Crippen LogP contribution in [-0.2, 0) is 11.2 Å². The van der Waals surface area contributed by atoms with E-state index in [-0.39, 0.29) is 12.3 Å². The third kappa shape index (κ3) is 3.80. The molecular formula is C21H17N3O2S. The summed E-state index contributed by atoms with van der Waals surface area (Å²) in [6, 6.07) is 19.1. The van der Waals surface area contributed by atoms with E-state index >= 15 is 0 Å². The second kappa shape index (κ2) is 7.55. The number of anilines is 2. The number of hydrogen-bond acceptors (Lipinski definition) is 5. The van der Waals surface area contributed by atoms with Gasteiger partial charge in [0.2, 0.25) is 11.8 Å². The van der Waals surface area contributed by atoms with E-state index in [1.165, 1.54) is 17.6 Å². The Morgan fingerprint density at radius 1 is 1.04 bits per heavy atom. The van der Waals surface area contributed by atoms with Gasteiger partial charge in [0.15, 0.2) is 5.13 Å². The summed E-state index contributed by atoms with van der Waals surface area (Å²) in [6.45, 7) is 1.91. The first-order valence-electron chi connectivity index (χ1n) is 8.50. The summed E-state index contributed by atoms with van der Waals surface area (Å²) in [4.78, 5) is 23.7. The highest BCUT2D eigenvalue weighted by Crippen LogP contribution is 2.29. The number of amides is 1. The van der Waals surface area contributed by atoms with Crippen LogP contribution in [0.15, 0.2) is 76.7 Å². The SMILES string of the molecule is Cc1csc(N(C(=O)Cc2coc(-c3ccccc3)n2)c2ccccc2)n1. The molecule has 0 saturated carbocycles. The molecule has 0 fully saturated rings. The first-order valence-corrected chi connectivity index (χ1v) is 9.38. The molecule has 0 bridgehead atoms. The zero-order valence-electron chi connectivity index (χ0n) is 14.7. The smallest absolute Gasteiger partial charge is 0.239 e. The molecule has 6 heteroatoms. The molecule has 0 radical (unpaired) electrons. The van der Waals surface area contributed by atoms with Crippen LogP contribution in [0.2, 0.25) is 0 Å². The number of oxazole rings is 1. The van der Waals surface area contributed by atoms with Gasteiger partial charge in [-0.3, -0.25) is 9.69 Å². The maximum Gasteiger partial charge on any atom is 0.239 e. The quantitative estimate of drug-likeness (QED) is 0.492. The fourth-order valence-electron chi connectivity index (χ4n) is 2.72. The lowest BCUT2D eigenvalue weighted by molar-refractivity contribution is -0.117. The molecule has 0 aliphatic heterocycles. The van der Waals surface area contributed by atoms with Gasteiger partial charge in [0.25, 0.3) is 0 Å². The first kappa shape index (κ1) is 17.2. The van der Waals surface area contributed by atoms with Gasteiger partial charge >= 0.3 is 0 Å². The molecule has 2 aromatic heterocycles. The number of para-hydroxylation sites is 1. The third-order valence-corrected chi connectivity index (χ3v) is 4.91. The third-order valence-electron chi connectivity index (χ3n) is 3.97. The number of thiazole rings is 1. The van der Waals surface area contributed by atoms with Crippen molar-refractivity contribution in [1.82, 2.24) is 9.97 Å². The maximum absolute atomic E-state index is 13.1. The summed E-state index contributed by atoms with van der Waals surface area (Å²) in [5, 5.41) is 2.58. The van der Waals surface area contributed by atoms with Crippen LogP contribution in [0.1, 0.15) is 11.4 Å². The summed E-state index contributed by atoms with van der Waals surface area (Å²) in [5.74, 6) is 0.401. The normalized spacial score (nSPS) is 10.7. The Hall–Kier alpha value is -3.25. The number of benzene rings is 2. The number of nitrogens with zero attached hydrogens (tertiary/aromatic N) is 3. The highest BCUT2D eigenvalue weighted by atomic mass is 32.1. The summed E-state index contributed by atoms with van der Waals surface area (Å²) >= 11 is 1.44. The lowest BCUT2D eigenvalue weighted by atomic mass is 10.2. The number of aromatic nitrogens is 2. The second-order valence-electron chi connectivity index (χ2n) is 6.02. The van der Waals surface area contributed by atoms with E-state index in [9.17, 15) is 4.79 Å². The maximum atomic E-state index is 13.1. The molecule has 5 nitrogen and oxygen atoms in total. The number of carbonyl (C=O) groups is 1. The lowest BCUT2D eigenvalue weighted by Crippen LogP contribution is -2.27. The molecule has 1 amide bonds. The molecule has 0 aliphatic rings. The van der Waals surface area contributed by atoms with Gasteiger partial charge < -0.3 is 4.42 Å². The zero-order valence-corrected chi connectivity index (χ0v) is 15.5. The van der Waals surface area contributed by atoms with Crippen LogP contribution in [0, 0.1) is 6.92 Å². The molecule has 0 unspecified atom stereocenters. The predicted octanol–water partition coefficient (Wildman–Crippen LogP) is 5.01. The molecule has 0 saturated heterocycles. The summed E-state index contributed by atoms with van der Waals surface area (Å²) in [6.07, 6.45) is 1.67. The van der Waals surface area contributed by atoms with Crippen LogP contribution < -0.4 is 4.90 Å². The van der Waals surface area contributed by atoms with Crippen LogP contribution >= 0.6 is 11.3 Å². The van der Waals surface area contributed by atoms with Crippen molar-refractivity contribution >= 4 is 28.1 Å². The van der Waals surface area contributed by atoms with Gasteiger partial charge in [0.1, 0.15) is 6.26 Å². The molecule has 2 aromatic carbocycles. The molecular weight excluding hydrogens is 358 g/mol. The molecule has 4 aromatic rings. The van der Waals surface area contributed by atoms with Crippen molar-refractivity contribution in [2.45, 2.75) is 13.3 Å². The Bertz CT molecular complexity index is 1040. The fourth-order valence-corrected chi connectivity index (χ4v) is 3.56. The molecule has 27 heavy (non-hydrogen) atoms. The minimum absolute atomic E-state index is 0.108. The standard InChI is InChI=1S/C21H17N3O2S/c1-15-14-27-21(22-15)24(18-10-6-3-7-11-18)19(25)12-17-13-26-20(23-17)16-8-4-2-5-9-16/h2-11,13-14H,12H2,1H3. The van der Waals surface area contributed by atoms with E-state index in [1.54, 1.807) is 4.90 Å². The Balaban J connectivity index is 1.60. The minimum Gasteiger partial charge on any atom is -0.444 e. The van der Waals surface area contributed by atoms with Gasteiger partial charge in [-0.15, -0.1) is 11.3 Å². The number of aryl methyl sites for hydroxylation is 1. The van der Waals surface area contributed by atoms with Crippen molar-refractivity contribution in [3.8, 4) is 11.5 Å². The van der Waals surface area contributed by atoms with E-state index < -0.39 is 0 Å². The number of rotatable bonds is 5. The van der Waals surface area contributed by atoms with Crippen LogP contribution in [0.5, 0.6) is 0 Å². The Morgan fingerprint density at radius 2 is 1.74 bits per heavy atom. The van der Waals surface area contributed by atoms with Gasteiger partial charge in [-0.2, -0.15) is 0 Å². The molecule has 2 heterocycles. The van der Waals surface area contributed by atoms with Crippen LogP contribution in [0.25, 0.3) is 11.5 Å². The molecule has 134 valence electrons. The molecule has 4 rings (SSSR count). The summed E-state index contributed by atoms with van der Waals surface area (Å²) in [7, 11) is 0.